The van der Waals surface area contributed by atoms with Crippen molar-refractivity contribution in [3.05, 3.63) is 122 Å². The third-order valence-electron chi connectivity index (χ3n) is 9.23. The largest absolute Gasteiger partial charge is 0.462 e. The molecule has 0 heterocycles. The first-order valence-electron chi connectivity index (χ1n) is 23.5. The summed E-state index contributed by atoms with van der Waals surface area (Å²) in [5, 5.41) is 0. The van der Waals surface area contributed by atoms with Gasteiger partial charge in [0.25, 0.3) is 0 Å². The standard InChI is InChI=1S/C54H84O6/c1-4-7-10-13-16-19-22-25-27-30-32-35-38-41-44-47-53(56)59-50-51(49-58-52(55)46-43-40-37-34-31-28-24-21-18-15-12-9-6-3)60-54(57)48-45-42-39-36-33-29-26-23-20-17-14-11-8-5-2/h7,9-10,12,16,18-19,21,23,25-28,31-32,35,37,40-41,44,51H,4-6,8,11,13-15,17,20,22,24,29-30,33-34,36,38-39,42-43,45-50H2,1-3H3/b10-7-,12-9-,19-16-,21-18-,26-23-,27-25-,31-28-,35-32-,40-37-,44-41-. The summed E-state index contributed by atoms with van der Waals surface area (Å²) in [6.07, 6.45) is 65.0. The zero-order valence-electron chi connectivity index (χ0n) is 38.2. The number of rotatable bonds is 40. The predicted molar refractivity (Wildman–Crippen MR) is 256 cm³/mol. The van der Waals surface area contributed by atoms with Crippen LogP contribution >= 0.6 is 0 Å². The van der Waals surface area contributed by atoms with Crippen LogP contribution in [0.4, 0.5) is 0 Å². The molecule has 0 bridgehead atoms. The highest BCUT2D eigenvalue weighted by atomic mass is 16.6. The van der Waals surface area contributed by atoms with Crippen molar-refractivity contribution in [2.75, 3.05) is 13.2 Å². The molecule has 0 saturated heterocycles. The fraction of sp³-hybridized carbons (Fsp3) is 0.574. The van der Waals surface area contributed by atoms with Gasteiger partial charge in [-0.1, -0.05) is 187 Å². The molecule has 0 saturated carbocycles. The highest BCUT2D eigenvalue weighted by molar-refractivity contribution is 5.72. The van der Waals surface area contributed by atoms with E-state index in [0.29, 0.717) is 6.42 Å². The van der Waals surface area contributed by atoms with Crippen LogP contribution in [0.5, 0.6) is 0 Å². The molecule has 60 heavy (non-hydrogen) atoms. The van der Waals surface area contributed by atoms with Gasteiger partial charge in [-0.2, -0.15) is 0 Å². The molecule has 0 aliphatic rings. The number of carbonyl (C=O) groups excluding carboxylic acids is 3. The lowest BCUT2D eigenvalue weighted by Gasteiger charge is -2.18. The monoisotopic (exact) mass is 829 g/mol. The van der Waals surface area contributed by atoms with Crippen molar-refractivity contribution in [1.82, 2.24) is 0 Å². The summed E-state index contributed by atoms with van der Waals surface area (Å²) >= 11 is 0. The van der Waals surface area contributed by atoms with E-state index in [9.17, 15) is 14.4 Å². The average Bonchev–Trinajstić information content (AvgIpc) is 3.24. The van der Waals surface area contributed by atoms with Crippen LogP contribution in [0.3, 0.4) is 0 Å². The Morgan fingerprint density at radius 1 is 0.367 bits per heavy atom. The molecule has 336 valence electrons. The second-order valence-corrected chi connectivity index (χ2v) is 14.9. The first-order chi connectivity index (χ1) is 29.5. The molecule has 1 atom stereocenters. The quantitative estimate of drug-likeness (QED) is 0.0265. The second-order valence-electron chi connectivity index (χ2n) is 14.9. The zero-order valence-corrected chi connectivity index (χ0v) is 38.2. The molecule has 0 aromatic heterocycles. The molecule has 0 aliphatic carbocycles. The minimum Gasteiger partial charge on any atom is -0.462 e. The molecule has 0 rings (SSSR count). The van der Waals surface area contributed by atoms with Gasteiger partial charge in [0.15, 0.2) is 6.10 Å². The van der Waals surface area contributed by atoms with E-state index < -0.39 is 12.1 Å². The highest BCUT2D eigenvalue weighted by Gasteiger charge is 2.19. The van der Waals surface area contributed by atoms with Crippen molar-refractivity contribution in [3.8, 4) is 0 Å². The van der Waals surface area contributed by atoms with Gasteiger partial charge in [-0.3, -0.25) is 14.4 Å². The van der Waals surface area contributed by atoms with E-state index in [-0.39, 0.29) is 44.4 Å². The van der Waals surface area contributed by atoms with Gasteiger partial charge in [-0.25, -0.2) is 0 Å². The van der Waals surface area contributed by atoms with Gasteiger partial charge in [0.1, 0.15) is 13.2 Å². The maximum Gasteiger partial charge on any atom is 0.309 e. The summed E-state index contributed by atoms with van der Waals surface area (Å²) in [4.78, 5) is 37.7. The molecule has 0 radical (unpaired) electrons. The van der Waals surface area contributed by atoms with Gasteiger partial charge in [0, 0.05) is 12.8 Å². The van der Waals surface area contributed by atoms with E-state index in [1.54, 1.807) is 6.08 Å². The van der Waals surface area contributed by atoms with Gasteiger partial charge in [-0.15, -0.1) is 0 Å². The van der Waals surface area contributed by atoms with Crippen molar-refractivity contribution in [3.63, 3.8) is 0 Å². The van der Waals surface area contributed by atoms with Crippen LogP contribution < -0.4 is 0 Å². The first-order valence-corrected chi connectivity index (χ1v) is 23.5. The molecule has 0 aliphatic heterocycles. The number of allylic oxidation sites excluding steroid dienone is 19. The van der Waals surface area contributed by atoms with Gasteiger partial charge in [0.05, 0.1) is 6.42 Å². The SMILES string of the molecule is CC/C=C\C/C=C\C/C=C\C/C=C\C/C=C\CC(=O)OCC(COC(=O)CC/C=C\C/C=C\C/C=C\C/C=C\CC)OC(=O)CCCCCCC/C=C\CCCCCCC. The Labute approximate surface area is 367 Å². The topological polar surface area (TPSA) is 78.9 Å². The Morgan fingerprint density at radius 3 is 1.23 bits per heavy atom. The number of ether oxygens (including phenoxy) is 3. The molecular weight excluding hydrogens is 745 g/mol. The van der Waals surface area contributed by atoms with Crippen LogP contribution in [0.25, 0.3) is 0 Å². The van der Waals surface area contributed by atoms with Gasteiger partial charge in [0.2, 0.25) is 0 Å². The number of hydrogen-bond donors (Lipinski definition) is 0. The van der Waals surface area contributed by atoms with Crippen LogP contribution in [0.15, 0.2) is 122 Å². The summed E-state index contributed by atoms with van der Waals surface area (Å²) in [5.41, 5.74) is 0. The summed E-state index contributed by atoms with van der Waals surface area (Å²) < 4.78 is 16.5. The van der Waals surface area contributed by atoms with Crippen molar-refractivity contribution >= 4 is 17.9 Å². The summed E-state index contributed by atoms with van der Waals surface area (Å²) in [7, 11) is 0. The van der Waals surface area contributed by atoms with Crippen molar-refractivity contribution < 1.29 is 28.6 Å². The van der Waals surface area contributed by atoms with Crippen molar-refractivity contribution in [2.45, 2.75) is 187 Å². The Morgan fingerprint density at radius 2 is 0.750 bits per heavy atom. The summed E-state index contributed by atoms with van der Waals surface area (Å²) in [6, 6.07) is 0. The molecule has 1 unspecified atom stereocenters. The Balaban J connectivity index is 4.64. The Kier molecular flexibility index (Phi) is 44.2. The van der Waals surface area contributed by atoms with Crippen molar-refractivity contribution in [1.29, 1.82) is 0 Å². The molecule has 0 N–H and O–H groups in total. The van der Waals surface area contributed by atoms with E-state index in [4.69, 9.17) is 14.2 Å². The van der Waals surface area contributed by atoms with Crippen molar-refractivity contribution in [2.24, 2.45) is 0 Å². The van der Waals surface area contributed by atoms with E-state index in [1.807, 2.05) is 18.2 Å². The second kappa shape index (κ2) is 47.5. The smallest absolute Gasteiger partial charge is 0.309 e. The Bertz CT molecular complexity index is 1320. The molecular formula is C54H84O6. The number of carbonyl (C=O) groups is 3. The molecule has 6 nitrogen and oxygen atoms in total. The molecule has 0 amide bonds. The van der Waals surface area contributed by atoms with E-state index >= 15 is 0 Å². The Hall–Kier alpha value is -4.19. The van der Waals surface area contributed by atoms with Gasteiger partial charge in [-0.05, 0) is 96.3 Å². The fourth-order valence-electron chi connectivity index (χ4n) is 5.76. The van der Waals surface area contributed by atoms with Crippen LogP contribution in [0, 0.1) is 0 Å². The lowest BCUT2D eigenvalue weighted by Crippen LogP contribution is -2.30. The highest BCUT2D eigenvalue weighted by Crippen LogP contribution is 2.11. The number of hydrogen-bond acceptors (Lipinski definition) is 6. The third-order valence-corrected chi connectivity index (χ3v) is 9.23. The third kappa shape index (κ3) is 44.9. The summed E-state index contributed by atoms with van der Waals surface area (Å²) in [6.45, 7) is 6.20. The fourth-order valence-corrected chi connectivity index (χ4v) is 5.76. The van der Waals surface area contributed by atoms with Gasteiger partial charge >= 0.3 is 17.9 Å². The van der Waals surface area contributed by atoms with E-state index in [1.165, 1.54) is 38.5 Å². The average molecular weight is 829 g/mol. The number of esters is 3. The molecule has 0 aromatic rings. The lowest BCUT2D eigenvalue weighted by atomic mass is 10.1. The first kappa shape index (κ1) is 55.8. The minimum atomic E-state index is -0.852. The predicted octanol–water partition coefficient (Wildman–Crippen LogP) is 15.4. The molecule has 0 aromatic carbocycles. The van der Waals surface area contributed by atoms with Crippen LogP contribution in [0.1, 0.15) is 181 Å². The normalized spacial score (nSPS) is 13.2. The summed E-state index contributed by atoms with van der Waals surface area (Å²) in [5.74, 6) is -1.18. The van der Waals surface area contributed by atoms with E-state index in [0.717, 1.165) is 96.3 Å². The maximum absolute atomic E-state index is 12.7. The van der Waals surface area contributed by atoms with Gasteiger partial charge < -0.3 is 14.2 Å². The van der Waals surface area contributed by atoms with Crippen LogP contribution in [0.2, 0.25) is 0 Å². The lowest BCUT2D eigenvalue weighted by molar-refractivity contribution is -0.166. The number of unbranched alkanes of at least 4 members (excludes halogenated alkanes) is 10. The van der Waals surface area contributed by atoms with E-state index in [2.05, 4.69) is 118 Å². The molecule has 6 heteroatoms. The molecule has 0 spiro atoms. The maximum atomic E-state index is 12.7. The van der Waals surface area contributed by atoms with Crippen LogP contribution in [-0.4, -0.2) is 37.2 Å². The van der Waals surface area contributed by atoms with Crippen LogP contribution in [-0.2, 0) is 28.6 Å². The molecule has 0 fully saturated rings. The minimum absolute atomic E-state index is 0.109. The zero-order chi connectivity index (χ0) is 43.7.